The Bertz CT molecular complexity index is 431. The third kappa shape index (κ3) is 3.46. The smallest absolute Gasteiger partial charge is 0.197 e. The third-order valence-electron chi connectivity index (χ3n) is 2.11. The van der Waals surface area contributed by atoms with Crippen molar-refractivity contribution in [3.63, 3.8) is 0 Å². The van der Waals surface area contributed by atoms with Crippen LogP contribution in [0.1, 0.15) is 12.8 Å². The molecule has 1 aromatic rings. The van der Waals surface area contributed by atoms with Crippen molar-refractivity contribution in [3.05, 3.63) is 18.3 Å². The number of nitrogens with zero attached hydrogens (tertiary/aromatic N) is 1. The van der Waals surface area contributed by atoms with E-state index in [0.717, 1.165) is 0 Å². The van der Waals surface area contributed by atoms with Gasteiger partial charge in [0.1, 0.15) is 0 Å². The Labute approximate surface area is 95.6 Å². The van der Waals surface area contributed by atoms with E-state index in [1.807, 2.05) is 0 Å². The first-order valence-corrected chi connectivity index (χ1v) is 6.65. The normalized spacial score (nSPS) is 11.6. The van der Waals surface area contributed by atoms with Gasteiger partial charge in [0.25, 0.3) is 0 Å². The van der Waals surface area contributed by atoms with E-state index >= 15 is 0 Å². The topological polar surface area (TPSA) is 82.3 Å². The number of anilines is 1. The van der Waals surface area contributed by atoms with Gasteiger partial charge in [0.05, 0.1) is 11.4 Å². The number of methoxy groups -OCH3 is 1. The SMILES string of the molecule is COCCCCS(=O)(=O)c1ncccc1N. The lowest BCUT2D eigenvalue weighted by molar-refractivity contribution is 0.194. The second-order valence-electron chi connectivity index (χ2n) is 3.42. The zero-order valence-corrected chi connectivity index (χ0v) is 10.0. The first-order chi connectivity index (χ1) is 7.58. The first kappa shape index (κ1) is 12.9. The molecule has 2 N–H and O–H groups in total. The van der Waals surface area contributed by atoms with Crippen LogP contribution < -0.4 is 5.73 Å². The van der Waals surface area contributed by atoms with Gasteiger partial charge in [-0.05, 0) is 25.0 Å². The molecule has 16 heavy (non-hydrogen) atoms. The van der Waals surface area contributed by atoms with E-state index in [1.165, 1.54) is 12.3 Å². The van der Waals surface area contributed by atoms with E-state index < -0.39 is 9.84 Å². The Morgan fingerprint density at radius 1 is 1.44 bits per heavy atom. The zero-order chi connectivity index (χ0) is 12.0. The Kier molecular flexibility index (Phi) is 4.70. The van der Waals surface area contributed by atoms with Crippen molar-refractivity contribution in [1.29, 1.82) is 0 Å². The molecular weight excluding hydrogens is 228 g/mol. The number of nitrogens with two attached hydrogens (primary N) is 1. The molecule has 0 aliphatic carbocycles. The molecule has 1 rings (SSSR count). The van der Waals surface area contributed by atoms with Gasteiger partial charge in [-0.2, -0.15) is 0 Å². The average molecular weight is 244 g/mol. The molecule has 0 aromatic carbocycles. The molecule has 6 heteroatoms. The highest BCUT2D eigenvalue weighted by Gasteiger charge is 2.18. The lowest BCUT2D eigenvalue weighted by Crippen LogP contribution is -2.11. The van der Waals surface area contributed by atoms with Crippen molar-refractivity contribution in [2.24, 2.45) is 0 Å². The van der Waals surface area contributed by atoms with Gasteiger partial charge in [-0.15, -0.1) is 0 Å². The van der Waals surface area contributed by atoms with E-state index in [1.54, 1.807) is 13.2 Å². The summed E-state index contributed by atoms with van der Waals surface area (Å²) >= 11 is 0. The standard InChI is InChI=1S/C10H16N2O3S/c1-15-7-2-3-8-16(13,14)10-9(11)5-4-6-12-10/h4-6H,2-3,7-8,11H2,1H3. The van der Waals surface area contributed by atoms with Crippen molar-refractivity contribution in [2.45, 2.75) is 17.9 Å². The molecule has 0 saturated carbocycles. The molecule has 0 radical (unpaired) electrons. The number of hydrogen-bond acceptors (Lipinski definition) is 5. The van der Waals surface area contributed by atoms with Crippen LogP contribution in [0.4, 0.5) is 5.69 Å². The molecule has 0 spiro atoms. The predicted molar refractivity (Wildman–Crippen MR) is 61.8 cm³/mol. The largest absolute Gasteiger partial charge is 0.396 e. The van der Waals surface area contributed by atoms with Crippen LogP contribution in [0.15, 0.2) is 23.4 Å². The van der Waals surface area contributed by atoms with Crippen LogP contribution in [0.3, 0.4) is 0 Å². The highest BCUT2D eigenvalue weighted by Crippen LogP contribution is 2.16. The molecule has 0 unspecified atom stereocenters. The monoisotopic (exact) mass is 244 g/mol. The van der Waals surface area contributed by atoms with Crippen LogP contribution in [0.2, 0.25) is 0 Å². The molecule has 1 heterocycles. The lowest BCUT2D eigenvalue weighted by atomic mass is 10.4. The van der Waals surface area contributed by atoms with E-state index in [4.69, 9.17) is 10.5 Å². The van der Waals surface area contributed by atoms with E-state index in [9.17, 15) is 8.42 Å². The lowest BCUT2D eigenvalue weighted by Gasteiger charge is -2.05. The summed E-state index contributed by atoms with van der Waals surface area (Å²) in [4.78, 5) is 3.80. The Hall–Kier alpha value is -1.14. The molecule has 90 valence electrons. The molecule has 5 nitrogen and oxygen atoms in total. The molecular formula is C10H16N2O3S. The Balaban J connectivity index is 2.68. The second kappa shape index (κ2) is 5.81. The second-order valence-corrected chi connectivity index (χ2v) is 5.44. The van der Waals surface area contributed by atoms with E-state index in [2.05, 4.69) is 4.98 Å². The first-order valence-electron chi connectivity index (χ1n) is 5.00. The van der Waals surface area contributed by atoms with Crippen LogP contribution >= 0.6 is 0 Å². The molecule has 0 amide bonds. The molecule has 0 saturated heterocycles. The molecule has 0 fully saturated rings. The highest BCUT2D eigenvalue weighted by atomic mass is 32.2. The molecule has 0 atom stereocenters. The fourth-order valence-corrected chi connectivity index (χ4v) is 2.72. The van der Waals surface area contributed by atoms with Crippen molar-refractivity contribution in [1.82, 2.24) is 4.98 Å². The van der Waals surface area contributed by atoms with Crippen LogP contribution in [-0.4, -0.2) is 32.9 Å². The van der Waals surface area contributed by atoms with Gasteiger partial charge in [0.2, 0.25) is 0 Å². The maximum absolute atomic E-state index is 11.8. The molecule has 0 aliphatic rings. The highest BCUT2D eigenvalue weighted by molar-refractivity contribution is 7.91. The minimum atomic E-state index is -3.36. The number of aromatic nitrogens is 1. The molecule has 1 aromatic heterocycles. The maximum atomic E-state index is 11.8. The van der Waals surface area contributed by atoms with Gasteiger partial charge in [0, 0.05) is 19.9 Å². The molecule has 0 bridgehead atoms. The summed E-state index contributed by atoms with van der Waals surface area (Å²) in [5.41, 5.74) is 5.77. The van der Waals surface area contributed by atoms with Crippen molar-refractivity contribution >= 4 is 15.5 Å². The van der Waals surface area contributed by atoms with Gasteiger partial charge < -0.3 is 10.5 Å². The zero-order valence-electron chi connectivity index (χ0n) is 9.22. The van der Waals surface area contributed by atoms with Crippen LogP contribution in [-0.2, 0) is 14.6 Å². The summed E-state index contributed by atoms with van der Waals surface area (Å²) in [5, 5.41) is -0.0209. The fourth-order valence-electron chi connectivity index (χ4n) is 1.30. The number of ether oxygens (including phenoxy) is 1. The number of sulfone groups is 1. The summed E-state index contributed by atoms with van der Waals surface area (Å²) in [6.07, 6.45) is 2.69. The Morgan fingerprint density at radius 2 is 2.19 bits per heavy atom. The van der Waals surface area contributed by atoms with Crippen molar-refractivity contribution < 1.29 is 13.2 Å². The van der Waals surface area contributed by atoms with Gasteiger partial charge in [-0.3, -0.25) is 0 Å². The van der Waals surface area contributed by atoms with Crippen LogP contribution in [0, 0.1) is 0 Å². The fraction of sp³-hybridized carbons (Fsp3) is 0.500. The average Bonchev–Trinajstić information content (AvgIpc) is 2.25. The number of unbranched alkanes of at least 4 members (excludes halogenated alkanes) is 1. The maximum Gasteiger partial charge on any atom is 0.197 e. The third-order valence-corrected chi connectivity index (χ3v) is 3.86. The number of pyridine rings is 1. The summed E-state index contributed by atoms with van der Waals surface area (Å²) in [6.45, 7) is 0.563. The van der Waals surface area contributed by atoms with Crippen molar-refractivity contribution in [3.8, 4) is 0 Å². The summed E-state index contributed by atoms with van der Waals surface area (Å²) < 4.78 is 28.5. The van der Waals surface area contributed by atoms with E-state index in [0.29, 0.717) is 19.4 Å². The number of rotatable bonds is 6. The number of hydrogen-bond donors (Lipinski definition) is 1. The van der Waals surface area contributed by atoms with E-state index in [-0.39, 0.29) is 16.5 Å². The Morgan fingerprint density at radius 3 is 2.81 bits per heavy atom. The van der Waals surface area contributed by atoms with Gasteiger partial charge in [-0.25, -0.2) is 13.4 Å². The quantitative estimate of drug-likeness (QED) is 0.751. The summed E-state index contributed by atoms with van der Waals surface area (Å²) in [7, 11) is -1.77. The van der Waals surface area contributed by atoms with Crippen LogP contribution in [0.25, 0.3) is 0 Å². The predicted octanol–water partition coefficient (Wildman–Crippen LogP) is 0.864. The van der Waals surface area contributed by atoms with Crippen molar-refractivity contribution in [2.75, 3.05) is 25.2 Å². The summed E-state index contributed by atoms with van der Waals surface area (Å²) in [6, 6.07) is 3.15. The van der Waals surface area contributed by atoms with Gasteiger partial charge in [0.15, 0.2) is 14.9 Å². The van der Waals surface area contributed by atoms with Gasteiger partial charge >= 0.3 is 0 Å². The van der Waals surface area contributed by atoms with Crippen LogP contribution in [0.5, 0.6) is 0 Å². The molecule has 0 aliphatic heterocycles. The number of nitrogen functional groups attached to an aromatic ring is 1. The van der Waals surface area contributed by atoms with Gasteiger partial charge in [-0.1, -0.05) is 0 Å². The summed E-state index contributed by atoms with van der Waals surface area (Å²) in [5.74, 6) is 0.0531. The minimum Gasteiger partial charge on any atom is -0.396 e. The minimum absolute atomic E-state index is 0.0209.